The molecule has 35 heavy (non-hydrogen) atoms. The van der Waals surface area contributed by atoms with Gasteiger partial charge in [0.15, 0.2) is 0 Å². The molecule has 2 N–H and O–H groups in total. The van der Waals surface area contributed by atoms with Gasteiger partial charge in [-0.25, -0.2) is 0 Å². The van der Waals surface area contributed by atoms with E-state index in [0.717, 1.165) is 33.4 Å². The number of carboxylic acid groups (broad SMARTS) is 1. The predicted octanol–water partition coefficient (Wildman–Crippen LogP) is 6.47. The lowest BCUT2D eigenvalue weighted by Crippen LogP contribution is -2.26. The molecule has 1 radical (unpaired) electrons. The van der Waals surface area contributed by atoms with E-state index in [-0.39, 0.29) is 18.8 Å². The summed E-state index contributed by atoms with van der Waals surface area (Å²) < 4.78 is 0. The summed E-state index contributed by atoms with van der Waals surface area (Å²) in [6, 6.07) is 36.3. The second-order valence-corrected chi connectivity index (χ2v) is 8.25. The maximum absolute atomic E-state index is 11.3. The molecule has 0 aliphatic carbocycles. The fraction of sp³-hybridized carbons (Fsp3) is 0.0968. The van der Waals surface area contributed by atoms with E-state index in [9.17, 15) is 15.0 Å². The van der Waals surface area contributed by atoms with Crippen molar-refractivity contribution in [2.45, 2.75) is 13.5 Å². The first-order chi connectivity index (χ1) is 17.1. The third-order valence-electron chi connectivity index (χ3n) is 5.88. The van der Waals surface area contributed by atoms with Gasteiger partial charge in [-0.05, 0) is 52.5 Å². The average Bonchev–Trinajstić information content (AvgIpc) is 2.89. The highest BCUT2D eigenvalue weighted by Crippen LogP contribution is 2.38. The number of phenolic OH excluding ortho intramolecular Hbond substituents is 1. The summed E-state index contributed by atoms with van der Waals surface area (Å²) in [5.41, 5.74) is 6.95. The predicted molar refractivity (Wildman–Crippen MR) is 140 cm³/mol. The molecule has 0 fully saturated rings. The fourth-order valence-corrected chi connectivity index (χ4v) is 4.22. The van der Waals surface area contributed by atoms with Crippen LogP contribution in [0.2, 0.25) is 0 Å². The van der Waals surface area contributed by atoms with Gasteiger partial charge in [0.1, 0.15) is 5.75 Å². The van der Waals surface area contributed by atoms with Crippen LogP contribution >= 0.6 is 0 Å². The van der Waals surface area contributed by atoms with Gasteiger partial charge in [0.25, 0.3) is 0 Å². The summed E-state index contributed by atoms with van der Waals surface area (Å²) in [5.74, 6) is -0.779. The molecule has 0 heterocycles. The molecule has 0 aromatic heterocycles. The SMILES string of the molecule is C[CH]N(CC(=O)O)Cc1cc(C(=C(c2ccccc2)c2ccccc2)c2ccccc2)ccc1O. The van der Waals surface area contributed by atoms with E-state index in [4.69, 9.17) is 0 Å². The van der Waals surface area contributed by atoms with Crippen LogP contribution in [0, 0.1) is 6.54 Å². The van der Waals surface area contributed by atoms with E-state index in [1.807, 2.05) is 66.7 Å². The standard InChI is InChI=1S/C31H28NO3/c1-2-32(22-29(34)35)21-27-20-26(18-19-28(27)33)31(25-16-10-5-11-17-25)30(23-12-6-3-7-13-23)24-14-8-4-9-15-24/h2-20,33H,21-22H2,1H3,(H,34,35). The number of rotatable bonds is 9. The largest absolute Gasteiger partial charge is 0.508 e. The Labute approximate surface area is 206 Å². The van der Waals surface area contributed by atoms with Gasteiger partial charge in [0.05, 0.1) is 6.54 Å². The molecule has 175 valence electrons. The molecule has 4 heteroatoms. The van der Waals surface area contributed by atoms with Crippen molar-refractivity contribution in [1.82, 2.24) is 4.90 Å². The molecule has 0 aliphatic heterocycles. The van der Waals surface area contributed by atoms with Crippen molar-refractivity contribution in [2.24, 2.45) is 0 Å². The van der Waals surface area contributed by atoms with Gasteiger partial charge in [-0.2, -0.15) is 0 Å². The lowest BCUT2D eigenvalue weighted by Gasteiger charge is -2.21. The molecule has 0 saturated heterocycles. The van der Waals surface area contributed by atoms with Crippen molar-refractivity contribution in [2.75, 3.05) is 6.54 Å². The zero-order valence-electron chi connectivity index (χ0n) is 19.6. The van der Waals surface area contributed by atoms with E-state index in [0.29, 0.717) is 5.56 Å². The number of hydrogen-bond acceptors (Lipinski definition) is 3. The highest BCUT2D eigenvalue weighted by atomic mass is 16.4. The summed E-state index contributed by atoms with van der Waals surface area (Å²) >= 11 is 0. The Bertz CT molecular complexity index is 1260. The Hall–Kier alpha value is -4.15. The average molecular weight is 463 g/mol. The van der Waals surface area contributed by atoms with E-state index in [1.165, 1.54) is 0 Å². The summed E-state index contributed by atoms with van der Waals surface area (Å²) in [5, 5.41) is 19.9. The maximum Gasteiger partial charge on any atom is 0.317 e. The third kappa shape index (κ3) is 5.86. The molecule has 0 atom stereocenters. The Morgan fingerprint density at radius 2 is 1.17 bits per heavy atom. The Balaban J connectivity index is 1.96. The van der Waals surface area contributed by atoms with Crippen molar-refractivity contribution < 1.29 is 15.0 Å². The number of aromatic hydroxyl groups is 1. The number of benzene rings is 4. The quantitative estimate of drug-likeness (QED) is 0.280. The van der Waals surface area contributed by atoms with Crippen LogP contribution in [0.1, 0.15) is 34.7 Å². The number of nitrogens with zero attached hydrogens (tertiary/aromatic N) is 1. The van der Waals surface area contributed by atoms with Gasteiger partial charge < -0.3 is 10.2 Å². The monoisotopic (exact) mass is 462 g/mol. The minimum atomic E-state index is -0.918. The van der Waals surface area contributed by atoms with Gasteiger partial charge >= 0.3 is 5.97 Å². The molecule has 4 aromatic rings. The molecule has 0 bridgehead atoms. The normalized spacial score (nSPS) is 10.8. The van der Waals surface area contributed by atoms with Gasteiger partial charge in [-0.1, -0.05) is 97.1 Å². The van der Waals surface area contributed by atoms with Crippen LogP contribution < -0.4 is 0 Å². The summed E-state index contributed by atoms with van der Waals surface area (Å²) in [7, 11) is 0. The third-order valence-corrected chi connectivity index (χ3v) is 5.88. The lowest BCUT2D eigenvalue weighted by atomic mass is 9.85. The van der Waals surface area contributed by atoms with Crippen LogP contribution in [0.5, 0.6) is 5.75 Å². The Morgan fingerprint density at radius 1 is 0.714 bits per heavy atom. The minimum Gasteiger partial charge on any atom is -0.508 e. The van der Waals surface area contributed by atoms with Crippen LogP contribution in [-0.4, -0.2) is 27.6 Å². The number of carbonyl (C=O) groups is 1. The minimum absolute atomic E-state index is 0.138. The first-order valence-electron chi connectivity index (χ1n) is 11.5. The van der Waals surface area contributed by atoms with Crippen molar-refractivity contribution in [3.63, 3.8) is 0 Å². The van der Waals surface area contributed by atoms with Crippen LogP contribution in [0.15, 0.2) is 109 Å². The first kappa shape index (κ1) is 24.0. The van der Waals surface area contributed by atoms with E-state index >= 15 is 0 Å². The highest BCUT2D eigenvalue weighted by molar-refractivity contribution is 6.04. The van der Waals surface area contributed by atoms with Gasteiger partial charge in [0, 0.05) is 18.7 Å². The number of hydrogen-bond donors (Lipinski definition) is 2. The zero-order chi connectivity index (χ0) is 24.6. The molecule has 0 spiro atoms. The van der Waals surface area contributed by atoms with Crippen molar-refractivity contribution >= 4 is 17.1 Å². The van der Waals surface area contributed by atoms with E-state index in [1.54, 1.807) is 24.4 Å². The van der Waals surface area contributed by atoms with Crippen LogP contribution in [0.3, 0.4) is 0 Å². The smallest absolute Gasteiger partial charge is 0.317 e. The number of carboxylic acids is 1. The molecular weight excluding hydrogens is 434 g/mol. The molecule has 0 saturated carbocycles. The zero-order valence-corrected chi connectivity index (χ0v) is 19.6. The fourth-order valence-electron chi connectivity index (χ4n) is 4.22. The number of aliphatic carboxylic acids is 1. The van der Waals surface area contributed by atoms with Crippen molar-refractivity contribution in [1.29, 1.82) is 0 Å². The second kappa shape index (κ2) is 11.3. The molecular formula is C31H28NO3. The first-order valence-corrected chi connectivity index (χ1v) is 11.5. The number of phenols is 1. The Morgan fingerprint density at radius 3 is 1.60 bits per heavy atom. The second-order valence-electron chi connectivity index (χ2n) is 8.25. The molecule has 4 aromatic carbocycles. The van der Waals surface area contributed by atoms with E-state index in [2.05, 4.69) is 36.4 Å². The van der Waals surface area contributed by atoms with Crippen LogP contribution in [-0.2, 0) is 11.3 Å². The summed E-state index contributed by atoms with van der Waals surface area (Å²) in [6.07, 6.45) is 0. The van der Waals surface area contributed by atoms with Gasteiger partial charge in [-0.15, -0.1) is 0 Å². The van der Waals surface area contributed by atoms with Crippen LogP contribution in [0.4, 0.5) is 0 Å². The molecule has 0 unspecified atom stereocenters. The van der Waals surface area contributed by atoms with Crippen molar-refractivity contribution in [3.8, 4) is 5.75 Å². The summed E-state index contributed by atoms with van der Waals surface area (Å²) in [4.78, 5) is 12.9. The highest BCUT2D eigenvalue weighted by Gasteiger charge is 2.18. The molecule has 4 nitrogen and oxygen atoms in total. The lowest BCUT2D eigenvalue weighted by molar-refractivity contribution is -0.138. The van der Waals surface area contributed by atoms with Crippen molar-refractivity contribution in [3.05, 3.63) is 144 Å². The summed E-state index contributed by atoms with van der Waals surface area (Å²) in [6.45, 7) is 3.67. The van der Waals surface area contributed by atoms with Crippen LogP contribution in [0.25, 0.3) is 11.1 Å². The maximum atomic E-state index is 11.3. The topological polar surface area (TPSA) is 60.8 Å². The molecule has 4 rings (SSSR count). The molecule has 0 amide bonds. The van der Waals surface area contributed by atoms with Gasteiger partial charge in [-0.3, -0.25) is 9.69 Å². The van der Waals surface area contributed by atoms with E-state index < -0.39 is 5.97 Å². The van der Waals surface area contributed by atoms with Gasteiger partial charge in [0.2, 0.25) is 0 Å². The molecule has 0 aliphatic rings. The Kier molecular flexibility index (Phi) is 7.76.